The lowest BCUT2D eigenvalue weighted by Crippen LogP contribution is -2.27. The maximum absolute atomic E-state index is 11.1. The van der Waals surface area contributed by atoms with Crippen molar-refractivity contribution in [3.8, 4) is 0 Å². The van der Waals surface area contributed by atoms with Gasteiger partial charge in [0.05, 0.1) is 6.61 Å². The molecule has 0 rings (SSSR count). The molecular weight excluding hydrogens is 188 g/mol. The third-order valence-corrected chi connectivity index (χ3v) is 1.23. The zero-order chi connectivity index (χ0) is 11.1. The number of nitrogens with one attached hydrogen (secondary N) is 1. The monoisotopic (exact) mass is 200 g/mol. The Labute approximate surface area is 81.1 Å². The quantitative estimate of drug-likeness (QED) is 0.281. The molecule has 6 heteroatoms. The van der Waals surface area contributed by atoms with Gasteiger partial charge >= 0.3 is 12.0 Å². The van der Waals surface area contributed by atoms with E-state index in [1.54, 1.807) is 6.92 Å². The molecule has 0 aromatic carbocycles. The van der Waals surface area contributed by atoms with Crippen molar-refractivity contribution in [2.24, 2.45) is 5.73 Å². The first-order valence-electron chi connectivity index (χ1n) is 3.93. The van der Waals surface area contributed by atoms with E-state index >= 15 is 0 Å². The van der Waals surface area contributed by atoms with Gasteiger partial charge in [-0.05, 0) is 13.8 Å². The summed E-state index contributed by atoms with van der Waals surface area (Å²) in [6.45, 7) is 2.95. The first kappa shape index (κ1) is 12.2. The van der Waals surface area contributed by atoms with Gasteiger partial charge in [0.25, 0.3) is 0 Å². The zero-order valence-electron chi connectivity index (χ0n) is 7.99. The Morgan fingerprint density at radius 3 is 2.36 bits per heavy atom. The summed E-state index contributed by atoms with van der Waals surface area (Å²) >= 11 is 0. The second-order valence-electron chi connectivity index (χ2n) is 2.34. The van der Waals surface area contributed by atoms with E-state index in [-0.39, 0.29) is 12.2 Å². The fourth-order valence-electron chi connectivity index (χ4n) is 0.656. The zero-order valence-corrected chi connectivity index (χ0v) is 7.99. The Morgan fingerprint density at radius 1 is 1.43 bits per heavy atom. The van der Waals surface area contributed by atoms with Crippen LogP contribution in [0.3, 0.4) is 0 Å². The Hall–Kier alpha value is -1.85. The predicted molar refractivity (Wildman–Crippen MR) is 48.1 cm³/mol. The van der Waals surface area contributed by atoms with Crippen molar-refractivity contribution in [1.82, 2.24) is 5.32 Å². The van der Waals surface area contributed by atoms with Crippen LogP contribution in [-0.2, 0) is 14.3 Å². The number of Topliss-reactive ketones (excluding diaryl/α,β-unsaturated/α-hetero) is 1. The van der Waals surface area contributed by atoms with Crippen molar-refractivity contribution >= 4 is 17.8 Å². The minimum atomic E-state index is -0.854. The molecule has 3 N–H and O–H groups in total. The number of esters is 1. The van der Waals surface area contributed by atoms with E-state index in [4.69, 9.17) is 5.73 Å². The van der Waals surface area contributed by atoms with Gasteiger partial charge in [-0.25, -0.2) is 9.59 Å². The molecule has 78 valence electrons. The Bertz CT molecular complexity index is 283. The summed E-state index contributed by atoms with van der Waals surface area (Å²) in [6, 6.07) is -0.854. The third-order valence-electron chi connectivity index (χ3n) is 1.23. The normalized spacial score (nSPS) is 10.6. The lowest BCUT2D eigenvalue weighted by atomic mass is 10.2. The van der Waals surface area contributed by atoms with Crippen molar-refractivity contribution < 1.29 is 19.1 Å². The van der Waals surface area contributed by atoms with Crippen LogP contribution in [0.25, 0.3) is 0 Å². The molecule has 0 saturated heterocycles. The van der Waals surface area contributed by atoms with E-state index in [1.807, 2.05) is 5.32 Å². The number of hydrogen-bond acceptors (Lipinski definition) is 4. The Morgan fingerprint density at radius 2 is 2.00 bits per heavy atom. The van der Waals surface area contributed by atoms with Crippen LogP contribution < -0.4 is 11.1 Å². The van der Waals surface area contributed by atoms with Crippen molar-refractivity contribution in [2.75, 3.05) is 6.61 Å². The second kappa shape index (κ2) is 5.74. The molecule has 0 aliphatic carbocycles. The van der Waals surface area contributed by atoms with Crippen LogP contribution in [0.1, 0.15) is 13.8 Å². The topological polar surface area (TPSA) is 98.5 Å². The van der Waals surface area contributed by atoms with Gasteiger partial charge in [-0.15, -0.1) is 0 Å². The van der Waals surface area contributed by atoms with Crippen molar-refractivity contribution in [3.63, 3.8) is 0 Å². The molecule has 0 saturated carbocycles. The number of ether oxygens (including phenoxy) is 1. The van der Waals surface area contributed by atoms with E-state index in [2.05, 4.69) is 4.74 Å². The first-order chi connectivity index (χ1) is 6.49. The molecular formula is C8H12N2O4. The first-order valence-corrected chi connectivity index (χ1v) is 3.93. The smallest absolute Gasteiger partial charge is 0.343 e. The third kappa shape index (κ3) is 4.24. The number of amides is 2. The molecule has 14 heavy (non-hydrogen) atoms. The molecule has 0 bridgehead atoms. The summed E-state index contributed by atoms with van der Waals surface area (Å²) in [5.74, 6) is -1.29. The number of primary amides is 1. The van der Waals surface area contributed by atoms with Gasteiger partial charge in [0.1, 0.15) is 5.57 Å². The van der Waals surface area contributed by atoms with E-state index < -0.39 is 17.8 Å². The maximum Gasteiger partial charge on any atom is 0.343 e. The highest BCUT2D eigenvalue weighted by Crippen LogP contribution is 1.98. The van der Waals surface area contributed by atoms with Crippen LogP contribution in [0.2, 0.25) is 0 Å². The fraction of sp³-hybridized carbons (Fsp3) is 0.375. The highest BCUT2D eigenvalue weighted by Gasteiger charge is 2.15. The lowest BCUT2D eigenvalue weighted by molar-refractivity contribution is -0.139. The van der Waals surface area contributed by atoms with Crippen molar-refractivity contribution in [3.05, 3.63) is 11.8 Å². The summed E-state index contributed by atoms with van der Waals surface area (Å²) in [6.07, 6.45) is 0.933. The SMILES string of the molecule is CCOC(=O)C(=CNC(N)=O)C(C)=O. The average Bonchev–Trinajstić information content (AvgIpc) is 2.03. The van der Waals surface area contributed by atoms with E-state index in [1.165, 1.54) is 6.92 Å². The predicted octanol–water partition coefficient (Wildman–Crippen LogP) is -0.309. The van der Waals surface area contributed by atoms with E-state index in [0.29, 0.717) is 0 Å². The number of carbonyl (C=O) groups is 3. The van der Waals surface area contributed by atoms with Crippen LogP contribution in [0, 0.1) is 0 Å². The summed E-state index contributed by atoms with van der Waals surface area (Å²) < 4.78 is 4.58. The fourth-order valence-corrected chi connectivity index (χ4v) is 0.656. The number of nitrogens with two attached hydrogens (primary N) is 1. The van der Waals surface area contributed by atoms with Crippen LogP contribution in [-0.4, -0.2) is 24.4 Å². The Kier molecular flexibility index (Phi) is 4.98. The van der Waals surface area contributed by atoms with Gasteiger partial charge in [-0.2, -0.15) is 0 Å². The Balaban J connectivity index is 4.59. The van der Waals surface area contributed by atoms with Crippen LogP contribution in [0.4, 0.5) is 4.79 Å². The summed E-state index contributed by atoms with van der Waals surface area (Å²) in [7, 11) is 0. The molecule has 6 nitrogen and oxygen atoms in total. The van der Waals surface area contributed by atoms with Gasteiger partial charge in [0.15, 0.2) is 5.78 Å². The minimum Gasteiger partial charge on any atom is -0.462 e. The molecule has 0 aliphatic rings. The molecule has 0 fully saturated rings. The van der Waals surface area contributed by atoms with Gasteiger partial charge in [0.2, 0.25) is 0 Å². The van der Waals surface area contributed by atoms with Gasteiger partial charge in [-0.1, -0.05) is 0 Å². The standard InChI is InChI=1S/C8H12N2O4/c1-3-14-7(12)6(5(2)11)4-10-8(9)13/h4H,3H2,1-2H3,(H3,9,10,13). The van der Waals surface area contributed by atoms with E-state index in [9.17, 15) is 14.4 Å². The number of ketones is 1. The highest BCUT2D eigenvalue weighted by atomic mass is 16.5. The summed E-state index contributed by atoms with van der Waals surface area (Å²) in [5.41, 5.74) is 4.51. The van der Waals surface area contributed by atoms with Crippen LogP contribution in [0.15, 0.2) is 11.8 Å². The number of carbonyl (C=O) groups excluding carboxylic acids is 3. The van der Waals surface area contributed by atoms with Crippen LogP contribution >= 0.6 is 0 Å². The molecule has 2 amide bonds. The molecule has 0 aliphatic heterocycles. The van der Waals surface area contributed by atoms with E-state index in [0.717, 1.165) is 6.20 Å². The molecule has 0 aromatic heterocycles. The number of rotatable bonds is 4. The van der Waals surface area contributed by atoms with Gasteiger partial charge in [0, 0.05) is 6.20 Å². The minimum absolute atomic E-state index is 0.153. The second-order valence-corrected chi connectivity index (χ2v) is 2.34. The van der Waals surface area contributed by atoms with Crippen molar-refractivity contribution in [2.45, 2.75) is 13.8 Å². The largest absolute Gasteiger partial charge is 0.462 e. The molecule has 0 atom stereocenters. The number of urea groups is 1. The molecule has 0 radical (unpaired) electrons. The molecule has 0 spiro atoms. The van der Waals surface area contributed by atoms with Gasteiger partial charge < -0.3 is 15.8 Å². The van der Waals surface area contributed by atoms with Crippen LogP contribution in [0.5, 0.6) is 0 Å². The summed E-state index contributed by atoms with van der Waals surface area (Å²) in [5, 5.41) is 2.02. The molecule has 0 unspecified atom stereocenters. The molecule has 0 aromatic rings. The van der Waals surface area contributed by atoms with Gasteiger partial charge in [-0.3, -0.25) is 4.79 Å². The number of hydrogen-bond donors (Lipinski definition) is 2. The lowest BCUT2D eigenvalue weighted by Gasteiger charge is -2.02. The van der Waals surface area contributed by atoms with Crippen molar-refractivity contribution in [1.29, 1.82) is 0 Å². The summed E-state index contributed by atoms with van der Waals surface area (Å²) in [4.78, 5) is 32.3. The molecule has 0 heterocycles. The average molecular weight is 200 g/mol. The highest BCUT2D eigenvalue weighted by molar-refractivity contribution is 6.16. The maximum atomic E-state index is 11.1.